The van der Waals surface area contributed by atoms with Gasteiger partial charge in [-0.3, -0.25) is 4.79 Å². The Balaban J connectivity index is 1.88. The van der Waals surface area contributed by atoms with Gasteiger partial charge in [-0.25, -0.2) is 0 Å². The summed E-state index contributed by atoms with van der Waals surface area (Å²) in [6.45, 7) is 8.68. The summed E-state index contributed by atoms with van der Waals surface area (Å²) >= 11 is 0. The van der Waals surface area contributed by atoms with Crippen LogP contribution in [-0.2, 0) is 9.53 Å². The number of rotatable bonds is 0. The Hall–Kier alpha value is -0.790. The third-order valence-electron chi connectivity index (χ3n) is 5.51. The standard InChI is InChI=1S/C15H22O2/c1-9-5-4-6-15(3)8-13-11(7-12(9)15)10(2)14(16)17-13/h10-13H,1,4-8H2,2-3H3/t10-,11+,12-,13+,15+/m0/s1. The molecule has 5 atom stereocenters. The zero-order valence-corrected chi connectivity index (χ0v) is 10.9. The van der Waals surface area contributed by atoms with Crippen LogP contribution in [0.4, 0.5) is 0 Å². The molecule has 0 spiro atoms. The Labute approximate surface area is 103 Å². The maximum atomic E-state index is 11.7. The van der Waals surface area contributed by atoms with Crippen LogP contribution in [0.2, 0.25) is 0 Å². The second kappa shape index (κ2) is 3.60. The number of carbonyl (C=O) groups is 1. The van der Waals surface area contributed by atoms with Gasteiger partial charge in [-0.15, -0.1) is 0 Å². The van der Waals surface area contributed by atoms with Gasteiger partial charge in [-0.1, -0.05) is 26.0 Å². The van der Waals surface area contributed by atoms with Gasteiger partial charge in [-0.2, -0.15) is 0 Å². The molecule has 17 heavy (non-hydrogen) atoms. The van der Waals surface area contributed by atoms with Crippen molar-refractivity contribution in [1.29, 1.82) is 0 Å². The van der Waals surface area contributed by atoms with Gasteiger partial charge in [0.2, 0.25) is 0 Å². The molecule has 0 unspecified atom stereocenters. The molecule has 2 aliphatic carbocycles. The van der Waals surface area contributed by atoms with Crippen LogP contribution in [0.25, 0.3) is 0 Å². The van der Waals surface area contributed by atoms with Crippen LogP contribution in [0, 0.1) is 23.2 Å². The third kappa shape index (κ3) is 1.56. The number of allylic oxidation sites excluding steroid dienone is 1. The number of fused-ring (bicyclic) bond motifs is 2. The van der Waals surface area contributed by atoms with E-state index in [4.69, 9.17) is 4.74 Å². The highest BCUT2D eigenvalue weighted by Gasteiger charge is 2.53. The molecule has 0 aromatic carbocycles. The molecule has 2 nitrogen and oxygen atoms in total. The highest BCUT2D eigenvalue weighted by Crippen LogP contribution is 2.56. The summed E-state index contributed by atoms with van der Waals surface area (Å²) < 4.78 is 5.56. The molecule has 2 saturated carbocycles. The second-order valence-electron chi connectivity index (χ2n) is 6.59. The highest BCUT2D eigenvalue weighted by atomic mass is 16.6. The van der Waals surface area contributed by atoms with Crippen LogP contribution in [0.3, 0.4) is 0 Å². The third-order valence-corrected chi connectivity index (χ3v) is 5.51. The number of ether oxygens (including phenoxy) is 1. The molecule has 3 rings (SSSR count). The van der Waals surface area contributed by atoms with Crippen molar-refractivity contribution in [3.8, 4) is 0 Å². The monoisotopic (exact) mass is 234 g/mol. The summed E-state index contributed by atoms with van der Waals surface area (Å²) in [5.74, 6) is 1.18. The minimum Gasteiger partial charge on any atom is -0.462 e. The van der Waals surface area contributed by atoms with E-state index in [0.717, 1.165) is 12.8 Å². The molecule has 1 saturated heterocycles. The van der Waals surface area contributed by atoms with Gasteiger partial charge in [0.1, 0.15) is 6.10 Å². The summed E-state index contributed by atoms with van der Waals surface area (Å²) in [5.41, 5.74) is 1.75. The van der Waals surface area contributed by atoms with Gasteiger partial charge < -0.3 is 4.74 Å². The molecule has 3 fully saturated rings. The van der Waals surface area contributed by atoms with Crippen molar-refractivity contribution >= 4 is 5.97 Å². The largest absolute Gasteiger partial charge is 0.462 e. The lowest BCUT2D eigenvalue weighted by Crippen LogP contribution is -2.44. The number of esters is 1. The van der Waals surface area contributed by atoms with Crippen LogP contribution in [0.15, 0.2) is 12.2 Å². The molecular formula is C15H22O2. The van der Waals surface area contributed by atoms with E-state index in [1.54, 1.807) is 0 Å². The summed E-state index contributed by atoms with van der Waals surface area (Å²) in [6.07, 6.45) is 6.06. The number of hydrogen-bond donors (Lipinski definition) is 0. The Bertz CT molecular complexity index is 373. The van der Waals surface area contributed by atoms with Gasteiger partial charge in [0.05, 0.1) is 5.92 Å². The van der Waals surface area contributed by atoms with Crippen molar-refractivity contribution in [1.82, 2.24) is 0 Å². The summed E-state index contributed by atoms with van der Waals surface area (Å²) in [4.78, 5) is 11.7. The quantitative estimate of drug-likeness (QED) is 0.475. The summed E-state index contributed by atoms with van der Waals surface area (Å²) in [7, 11) is 0. The predicted octanol–water partition coefficient (Wildman–Crippen LogP) is 3.32. The van der Waals surface area contributed by atoms with E-state index >= 15 is 0 Å². The van der Waals surface area contributed by atoms with Crippen molar-refractivity contribution in [3.63, 3.8) is 0 Å². The topological polar surface area (TPSA) is 26.3 Å². The van der Waals surface area contributed by atoms with Crippen LogP contribution in [0.1, 0.15) is 46.0 Å². The Kier molecular flexibility index (Phi) is 2.39. The lowest BCUT2D eigenvalue weighted by Gasteiger charge is -2.49. The lowest BCUT2D eigenvalue weighted by atomic mass is 9.55. The van der Waals surface area contributed by atoms with Crippen molar-refractivity contribution in [3.05, 3.63) is 12.2 Å². The van der Waals surface area contributed by atoms with Gasteiger partial charge in [0.15, 0.2) is 0 Å². The van der Waals surface area contributed by atoms with Gasteiger partial charge >= 0.3 is 5.97 Å². The fourth-order valence-corrected chi connectivity index (χ4v) is 4.38. The zero-order chi connectivity index (χ0) is 12.2. The van der Waals surface area contributed by atoms with E-state index in [9.17, 15) is 4.79 Å². The highest BCUT2D eigenvalue weighted by molar-refractivity contribution is 5.75. The van der Waals surface area contributed by atoms with Crippen LogP contribution < -0.4 is 0 Å². The van der Waals surface area contributed by atoms with E-state index in [-0.39, 0.29) is 18.0 Å². The molecule has 0 amide bonds. The zero-order valence-electron chi connectivity index (χ0n) is 10.9. The minimum atomic E-state index is 0.0212. The Morgan fingerprint density at radius 1 is 1.47 bits per heavy atom. The lowest BCUT2D eigenvalue weighted by molar-refractivity contribution is -0.145. The van der Waals surface area contributed by atoms with Gasteiger partial charge in [0.25, 0.3) is 0 Å². The molecule has 0 aromatic heterocycles. The summed E-state index contributed by atoms with van der Waals surface area (Å²) in [5, 5.41) is 0. The Morgan fingerprint density at radius 2 is 2.24 bits per heavy atom. The van der Waals surface area contributed by atoms with Crippen molar-refractivity contribution in [2.24, 2.45) is 23.2 Å². The van der Waals surface area contributed by atoms with Crippen LogP contribution >= 0.6 is 0 Å². The van der Waals surface area contributed by atoms with E-state index in [0.29, 0.717) is 17.3 Å². The van der Waals surface area contributed by atoms with E-state index in [2.05, 4.69) is 13.5 Å². The second-order valence-corrected chi connectivity index (χ2v) is 6.59. The average Bonchev–Trinajstić information content (AvgIpc) is 2.52. The normalized spacial score (nSPS) is 49.5. The molecule has 94 valence electrons. The minimum absolute atomic E-state index is 0.0212. The number of carbonyl (C=O) groups excluding carboxylic acids is 1. The SMILES string of the molecule is C=C1CCC[C@]2(C)C[C@H]3OC(=O)[C@@H](C)[C@H]3C[C@@H]12. The summed E-state index contributed by atoms with van der Waals surface area (Å²) in [6, 6.07) is 0. The first-order chi connectivity index (χ1) is 8.01. The first kappa shape index (κ1) is 11.3. The van der Waals surface area contributed by atoms with E-state index in [1.165, 1.54) is 24.8 Å². The van der Waals surface area contributed by atoms with Gasteiger partial charge in [-0.05, 0) is 43.4 Å². The molecule has 0 radical (unpaired) electrons. The molecule has 1 aliphatic heterocycles. The predicted molar refractivity (Wildman–Crippen MR) is 66.4 cm³/mol. The first-order valence-electron chi connectivity index (χ1n) is 6.89. The number of hydrogen-bond acceptors (Lipinski definition) is 2. The van der Waals surface area contributed by atoms with E-state index in [1.807, 2.05) is 6.92 Å². The maximum Gasteiger partial charge on any atom is 0.309 e. The van der Waals surface area contributed by atoms with Crippen molar-refractivity contribution < 1.29 is 9.53 Å². The van der Waals surface area contributed by atoms with Crippen molar-refractivity contribution in [2.45, 2.75) is 52.1 Å². The van der Waals surface area contributed by atoms with Gasteiger partial charge in [0, 0.05) is 5.92 Å². The smallest absolute Gasteiger partial charge is 0.309 e. The molecule has 0 bridgehead atoms. The molecule has 1 heterocycles. The van der Waals surface area contributed by atoms with Crippen LogP contribution in [-0.4, -0.2) is 12.1 Å². The van der Waals surface area contributed by atoms with Crippen molar-refractivity contribution in [2.75, 3.05) is 0 Å². The molecule has 3 aliphatic rings. The first-order valence-corrected chi connectivity index (χ1v) is 6.89. The van der Waals surface area contributed by atoms with Crippen LogP contribution in [0.5, 0.6) is 0 Å². The van der Waals surface area contributed by atoms with E-state index < -0.39 is 0 Å². The molecule has 0 N–H and O–H groups in total. The molecule has 0 aromatic rings. The fraction of sp³-hybridized carbons (Fsp3) is 0.800. The Morgan fingerprint density at radius 3 is 3.00 bits per heavy atom. The average molecular weight is 234 g/mol. The molecular weight excluding hydrogens is 212 g/mol. The maximum absolute atomic E-state index is 11.7. The fourth-order valence-electron chi connectivity index (χ4n) is 4.38. The molecule has 2 heteroatoms.